The van der Waals surface area contributed by atoms with E-state index in [9.17, 15) is 32.3 Å². The summed E-state index contributed by atoms with van der Waals surface area (Å²) in [5.41, 5.74) is 1.25. The van der Waals surface area contributed by atoms with Gasteiger partial charge < -0.3 is 25.6 Å². The van der Waals surface area contributed by atoms with Gasteiger partial charge in [0.1, 0.15) is 28.5 Å². The Balaban J connectivity index is 1.43. The van der Waals surface area contributed by atoms with E-state index in [4.69, 9.17) is 15.2 Å². The number of nitrogens with zero attached hydrogens (tertiary/aromatic N) is 3. The maximum absolute atomic E-state index is 14.8. The Labute approximate surface area is 269 Å². The molecule has 3 heterocycles. The van der Waals surface area contributed by atoms with Crippen molar-refractivity contribution in [2.24, 2.45) is 5.73 Å². The van der Waals surface area contributed by atoms with Crippen molar-refractivity contribution in [1.29, 1.82) is 0 Å². The fraction of sp³-hybridized carbons (Fsp3) is 0.312. The molecule has 0 radical (unpaired) electrons. The third kappa shape index (κ3) is 5.96. The van der Waals surface area contributed by atoms with Crippen LogP contribution in [0.3, 0.4) is 0 Å². The number of primary amides is 1. The molecular weight excluding hydrogens is 642 g/mol. The highest BCUT2D eigenvalue weighted by Gasteiger charge is 2.57. The second kappa shape index (κ2) is 12.1. The van der Waals surface area contributed by atoms with Crippen LogP contribution in [0.1, 0.15) is 47.4 Å². The first-order valence-corrected chi connectivity index (χ1v) is 15.5. The number of carbonyl (C=O) groups is 2. The third-order valence-electron chi connectivity index (χ3n) is 7.90. The van der Waals surface area contributed by atoms with Crippen LogP contribution < -0.4 is 20.5 Å². The van der Waals surface area contributed by atoms with Crippen LogP contribution in [0.15, 0.2) is 48.0 Å². The minimum absolute atomic E-state index is 0.0178. The number of amides is 2. The standard InChI is InChI=1S/C32H29F4N5O5S/c1-3-46-28-16(12-25(37)42)11-24(39-27(28)21-14-47-29-20(21)5-4-6-22(29)33)31(44,32(34,35)36)15-38-30(43)17-9-18-13-41(19-7-8-19)40-26(18)23(10-17)45-2/h4-6,9-11,13-14,19,44H,3,7-8,12,15H2,1-2H3,(H2,37,42)(H,38,43)/t31-/m0/s1. The van der Waals surface area contributed by atoms with Crippen LogP contribution in [0, 0.1) is 5.82 Å². The molecule has 1 saturated carbocycles. The molecule has 6 rings (SSSR count). The van der Waals surface area contributed by atoms with Crippen molar-refractivity contribution in [1.82, 2.24) is 20.1 Å². The lowest BCUT2D eigenvalue weighted by Gasteiger charge is -2.31. The lowest BCUT2D eigenvalue weighted by atomic mass is 9.93. The summed E-state index contributed by atoms with van der Waals surface area (Å²) in [6.45, 7) is 0.331. The Bertz CT molecular complexity index is 2020. The predicted molar refractivity (Wildman–Crippen MR) is 166 cm³/mol. The Kier molecular flexibility index (Phi) is 8.30. The van der Waals surface area contributed by atoms with Crippen LogP contribution in [0.2, 0.25) is 0 Å². The number of hydrogen-bond donors (Lipinski definition) is 3. The van der Waals surface area contributed by atoms with E-state index in [1.165, 1.54) is 36.8 Å². The second-order valence-electron chi connectivity index (χ2n) is 11.2. The molecule has 2 aromatic carbocycles. The van der Waals surface area contributed by atoms with Crippen molar-refractivity contribution >= 4 is 44.1 Å². The fourth-order valence-corrected chi connectivity index (χ4v) is 6.35. The fourth-order valence-electron chi connectivity index (χ4n) is 5.39. The molecule has 0 aliphatic heterocycles. The lowest BCUT2D eigenvalue weighted by Crippen LogP contribution is -2.51. The number of benzene rings is 2. The van der Waals surface area contributed by atoms with Crippen molar-refractivity contribution in [2.75, 3.05) is 20.3 Å². The normalized spacial score (nSPS) is 14.7. The topological polar surface area (TPSA) is 142 Å². The maximum Gasteiger partial charge on any atom is 0.424 e. The summed E-state index contributed by atoms with van der Waals surface area (Å²) < 4.78 is 72.2. The number of pyridine rings is 1. The van der Waals surface area contributed by atoms with Crippen LogP contribution in [-0.4, -0.2) is 58.1 Å². The SMILES string of the molecule is CCOc1c(CC(N)=O)cc([C@@](O)(CNC(=O)c2cc(OC)c3nn(C4CC4)cc3c2)C(F)(F)F)nc1-c1csc2c(F)cccc12. The first-order valence-electron chi connectivity index (χ1n) is 14.6. The Hall–Kier alpha value is -4.76. The average molecular weight is 672 g/mol. The number of aliphatic hydroxyl groups is 1. The molecule has 0 unspecified atom stereocenters. The van der Waals surface area contributed by atoms with Gasteiger partial charge in [-0.2, -0.15) is 18.3 Å². The van der Waals surface area contributed by atoms with Gasteiger partial charge in [0, 0.05) is 39.0 Å². The van der Waals surface area contributed by atoms with E-state index in [1.54, 1.807) is 23.9 Å². The molecule has 4 N–H and O–H groups in total. The molecule has 2 amide bonds. The molecule has 5 aromatic rings. The minimum Gasteiger partial charge on any atom is -0.494 e. The number of halogens is 4. The zero-order chi connectivity index (χ0) is 33.7. The first kappa shape index (κ1) is 32.2. The Morgan fingerprint density at radius 1 is 1.21 bits per heavy atom. The quantitative estimate of drug-likeness (QED) is 0.160. The zero-order valence-corrected chi connectivity index (χ0v) is 26.0. The van der Waals surface area contributed by atoms with E-state index in [2.05, 4.69) is 15.4 Å². The molecule has 1 aliphatic carbocycles. The van der Waals surface area contributed by atoms with Gasteiger partial charge in [-0.1, -0.05) is 12.1 Å². The number of fused-ring (bicyclic) bond motifs is 2. The molecule has 3 aromatic heterocycles. The summed E-state index contributed by atoms with van der Waals surface area (Å²) in [5.74, 6) is -2.14. The molecule has 47 heavy (non-hydrogen) atoms. The van der Waals surface area contributed by atoms with Gasteiger partial charge in [-0.15, -0.1) is 11.3 Å². The first-order chi connectivity index (χ1) is 22.3. The van der Waals surface area contributed by atoms with Gasteiger partial charge >= 0.3 is 6.18 Å². The van der Waals surface area contributed by atoms with Gasteiger partial charge in [0.2, 0.25) is 11.5 Å². The van der Waals surface area contributed by atoms with Crippen LogP contribution >= 0.6 is 11.3 Å². The lowest BCUT2D eigenvalue weighted by molar-refractivity contribution is -0.265. The number of ether oxygens (including phenoxy) is 2. The van der Waals surface area contributed by atoms with Crippen molar-refractivity contribution in [3.8, 4) is 22.8 Å². The monoisotopic (exact) mass is 671 g/mol. The molecule has 0 spiro atoms. The van der Waals surface area contributed by atoms with Crippen LogP contribution in [0.5, 0.6) is 11.5 Å². The third-order valence-corrected chi connectivity index (χ3v) is 8.91. The number of aromatic nitrogens is 3. The van der Waals surface area contributed by atoms with Crippen molar-refractivity contribution < 1.29 is 41.7 Å². The summed E-state index contributed by atoms with van der Waals surface area (Å²) in [7, 11) is 1.39. The van der Waals surface area contributed by atoms with E-state index in [-0.39, 0.29) is 51.2 Å². The van der Waals surface area contributed by atoms with Gasteiger partial charge in [0.25, 0.3) is 5.91 Å². The molecule has 0 bridgehead atoms. The minimum atomic E-state index is -5.36. The van der Waals surface area contributed by atoms with E-state index >= 15 is 0 Å². The summed E-state index contributed by atoms with van der Waals surface area (Å²) in [5, 5.41) is 20.5. The van der Waals surface area contributed by atoms with E-state index < -0.39 is 48.1 Å². The van der Waals surface area contributed by atoms with Gasteiger partial charge in [-0.05, 0) is 44.0 Å². The van der Waals surface area contributed by atoms with E-state index in [1.807, 2.05) is 0 Å². The van der Waals surface area contributed by atoms with Crippen molar-refractivity contribution in [3.05, 3.63) is 70.6 Å². The summed E-state index contributed by atoms with van der Waals surface area (Å²) in [6.07, 6.45) is -2.26. The average Bonchev–Trinajstić information content (AvgIpc) is 3.63. The Morgan fingerprint density at radius 3 is 2.64 bits per heavy atom. The van der Waals surface area contributed by atoms with Gasteiger partial charge in [0.15, 0.2) is 0 Å². The predicted octanol–water partition coefficient (Wildman–Crippen LogP) is 5.40. The molecule has 1 aliphatic rings. The van der Waals surface area contributed by atoms with Gasteiger partial charge in [-0.25, -0.2) is 9.37 Å². The summed E-state index contributed by atoms with van der Waals surface area (Å²) >= 11 is 1.00. The summed E-state index contributed by atoms with van der Waals surface area (Å²) in [4.78, 5) is 29.5. The number of carbonyl (C=O) groups excluding carboxylic acids is 2. The van der Waals surface area contributed by atoms with Gasteiger partial charge in [-0.3, -0.25) is 14.3 Å². The molecular formula is C32H29F4N5O5S. The van der Waals surface area contributed by atoms with Crippen LogP contribution in [-0.2, 0) is 16.8 Å². The smallest absolute Gasteiger partial charge is 0.424 e. The highest BCUT2D eigenvalue weighted by atomic mass is 32.1. The number of hydrogen-bond acceptors (Lipinski definition) is 8. The zero-order valence-electron chi connectivity index (χ0n) is 25.2. The molecule has 10 nitrogen and oxygen atoms in total. The van der Waals surface area contributed by atoms with E-state index in [0.717, 1.165) is 30.2 Å². The molecule has 1 atom stereocenters. The number of alkyl halides is 3. The number of nitrogens with two attached hydrogens (primary N) is 1. The highest BCUT2D eigenvalue weighted by molar-refractivity contribution is 7.17. The number of rotatable bonds is 11. The molecule has 246 valence electrons. The second-order valence-corrected chi connectivity index (χ2v) is 12.1. The van der Waals surface area contributed by atoms with Crippen molar-refractivity contribution in [2.45, 2.75) is 44.0 Å². The molecule has 1 fully saturated rings. The van der Waals surface area contributed by atoms with Crippen LogP contribution in [0.4, 0.5) is 17.6 Å². The number of nitrogens with one attached hydrogen (secondary N) is 1. The van der Waals surface area contributed by atoms with Crippen molar-refractivity contribution in [3.63, 3.8) is 0 Å². The molecule has 15 heteroatoms. The summed E-state index contributed by atoms with van der Waals surface area (Å²) in [6, 6.07) is 8.20. The van der Waals surface area contributed by atoms with Crippen LogP contribution in [0.25, 0.3) is 32.2 Å². The van der Waals surface area contributed by atoms with Gasteiger partial charge in [0.05, 0.1) is 43.1 Å². The Morgan fingerprint density at radius 2 is 1.98 bits per heavy atom. The number of methoxy groups -OCH3 is 1. The largest absolute Gasteiger partial charge is 0.494 e. The highest BCUT2D eigenvalue weighted by Crippen LogP contribution is 2.45. The van der Waals surface area contributed by atoms with E-state index in [0.29, 0.717) is 16.3 Å². The molecule has 0 saturated heterocycles. The number of thiophene rings is 1. The maximum atomic E-state index is 14.8.